The quantitative estimate of drug-likeness (QED) is 0.724. The molecule has 1 aliphatic carbocycles. The molecule has 2 rings (SSSR count). The maximum Gasteiger partial charge on any atom is 0.0179 e. The van der Waals surface area contributed by atoms with Crippen LogP contribution in [0.1, 0.15) is 64.7 Å². The van der Waals surface area contributed by atoms with Crippen molar-refractivity contribution in [2.24, 2.45) is 5.92 Å². The second kappa shape index (κ2) is 4.65. The summed E-state index contributed by atoms with van der Waals surface area (Å²) in [6.07, 6.45) is 13.0. The van der Waals surface area contributed by atoms with Gasteiger partial charge in [-0.1, -0.05) is 32.6 Å². The first kappa shape index (κ1) is 10.5. The first-order valence-electron chi connectivity index (χ1n) is 6.60. The summed E-state index contributed by atoms with van der Waals surface area (Å²) in [5.74, 6) is 1.10. The maximum atomic E-state index is 3.83. The Labute approximate surface area is 88.7 Å². The second-order valence-electron chi connectivity index (χ2n) is 5.35. The lowest BCUT2D eigenvalue weighted by Gasteiger charge is -2.33. The highest BCUT2D eigenvalue weighted by Crippen LogP contribution is 2.37. The summed E-state index contributed by atoms with van der Waals surface area (Å²) in [5, 5.41) is 3.83. The summed E-state index contributed by atoms with van der Waals surface area (Å²) in [6.45, 7) is 3.63. The fraction of sp³-hybridized carbons (Fsp3) is 1.00. The number of nitrogens with one attached hydrogen (secondary N) is 1. The molecule has 1 N–H and O–H groups in total. The molecule has 0 aromatic heterocycles. The van der Waals surface area contributed by atoms with Gasteiger partial charge in [0.2, 0.25) is 0 Å². The largest absolute Gasteiger partial charge is 0.311 e. The molecule has 1 atom stereocenters. The van der Waals surface area contributed by atoms with Gasteiger partial charge in [0.05, 0.1) is 0 Å². The van der Waals surface area contributed by atoms with Crippen LogP contribution in [0.2, 0.25) is 0 Å². The Hall–Kier alpha value is -0.0400. The molecule has 1 saturated heterocycles. The molecule has 1 aliphatic heterocycles. The molecule has 0 bridgehead atoms. The van der Waals surface area contributed by atoms with E-state index in [9.17, 15) is 0 Å². The summed E-state index contributed by atoms with van der Waals surface area (Å²) in [4.78, 5) is 0. The van der Waals surface area contributed by atoms with Crippen LogP contribution < -0.4 is 5.32 Å². The van der Waals surface area contributed by atoms with Crippen LogP contribution in [0.4, 0.5) is 0 Å². The van der Waals surface area contributed by atoms with Crippen molar-refractivity contribution in [1.82, 2.24) is 5.32 Å². The zero-order valence-corrected chi connectivity index (χ0v) is 9.65. The number of rotatable bonds is 4. The molecule has 1 nitrogen and oxygen atoms in total. The van der Waals surface area contributed by atoms with Crippen LogP contribution >= 0.6 is 0 Å². The molecule has 0 aromatic rings. The monoisotopic (exact) mass is 195 g/mol. The molecule has 2 fully saturated rings. The molecule has 0 spiro atoms. The van der Waals surface area contributed by atoms with E-state index in [2.05, 4.69) is 12.2 Å². The first-order valence-corrected chi connectivity index (χ1v) is 6.60. The van der Waals surface area contributed by atoms with Crippen LogP contribution in [0, 0.1) is 5.92 Å². The van der Waals surface area contributed by atoms with Crippen molar-refractivity contribution < 1.29 is 0 Å². The van der Waals surface area contributed by atoms with Crippen LogP contribution in [-0.4, -0.2) is 12.1 Å². The van der Waals surface area contributed by atoms with Crippen LogP contribution in [0.5, 0.6) is 0 Å². The van der Waals surface area contributed by atoms with Gasteiger partial charge in [-0.2, -0.15) is 0 Å². The fourth-order valence-corrected chi connectivity index (χ4v) is 2.79. The minimum atomic E-state index is 0.527. The Morgan fingerprint density at radius 1 is 1.21 bits per heavy atom. The van der Waals surface area contributed by atoms with Crippen molar-refractivity contribution in [3.8, 4) is 0 Å². The van der Waals surface area contributed by atoms with E-state index >= 15 is 0 Å². The van der Waals surface area contributed by atoms with Gasteiger partial charge in [0.1, 0.15) is 0 Å². The summed E-state index contributed by atoms with van der Waals surface area (Å²) < 4.78 is 0. The minimum absolute atomic E-state index is 0.527. The molecular formula is C13H25N. The predicted octanol–water partition coefficient (Wildman–Crippen LogP) is 3.49. The zero-order valence-electron chi connectivity index (χ0n) is 9.65. The molecule has 1 unspecified atom stereocenters. The van der Waals surface area contributed by atoms with Gasteiger partial charge in [0, 0.05) is 5.54 Å². The SMILES string of the molecule is CCC1(CCC2CC2)CCCCCN1. The Kier molecular flexibility index (Phi) is 3.48. The van der Waals surface area contributed by atoms with Crippen LogP contribution in [0.3, 0.4) is 0 Å². The summed E-state index contributed by atoms with van der Waals surface area (Å²) in [6, 6.07) is 0. The minimum Gasteiger partial charge on any atom is -0.311 e. The Balaban J connectivity index is 1.84. The highest BCUT2D eigenvalue weighted by Gasteiger charge is 2.31. The van der Waals surface area contributed by atoms with Crippen molar-refractivity contribution in [3.63, 3.8) is 0 Å². The molecular weight excluding hydrogens is 170 g/mol. The van der Waals surface area contributed by atoms with Crippen LogP contribution in [0.15, 0.2) is 0 Å². The second-order valence-corrected chi connectivity index (χ2v) is 5.35. The van der Waals surface area contributed by atoms with Gasteiger partial charge in [0.25, 0.3) is 0 Å². The maximum absolute atomic E-state index is 3.83. The Morgan fingerprint density at radius 3 is 2.79 bits per heavy atom. The van der Waals surface area contributed by atoms with Gasteiger partial charge >= 0.3 is 0 Å². The summed E-state index contributed by atoms with van der Waals surface area (Å²) in [5.41, 5.74) is 0.527. The fourth-order valence-electron chi connectivity index (χ4n) is 2.79. The lowest BCUT2D eigenvalue weighted by atomic mass is 9.85. The van der Waals surface area contributed by atoms with E-state index in [1.807, 2.05) is 0 Å². The molecule has 82 valence electrons. The van der Waals surface area contributed by atoms with Crippen LogP contribution in [0.25, 0.3) is 0 Å². The third-order valence-electron chi connectivity index (χ3n) is 4.24. The highest BCUT2D eigenvalue weighted by molar-refractivity contribution is 4.90. The molecule has 14 heavy (non-hydrogen) atoms. The number of hydrogen-bond donors (Lipinski definition) is 1. The molecule has 0 aromatic carbocycles. The van der Waals surface area contributed by atoms with Crippen molar-refractivity contribution in [3.05, 3.63) is 0 Å². The number of hydrogen-bond acceptors (Lipinski definition) is 1. The standard InChI is InChI=1S/C13H25N/c1-2-13(10-8-12-6-7-12)9-4-3-5-11-14-13/h12,14H,2-11H2,1H3. The van der Waals surface area contributed by atoms with Gasteiger partial charge in [-0.05, 0) is 44.6 Å². The topological polar surface area (TPSA) is 12.0 Å². The van der Waals surface area contributed by atoms with Gasteiger partial charge in [-0.15, -0.1) is 0 Å². The summed E-state index contributed by atoms with van der Waals surface area (Å²) >= 11 is 0. The van der Waals surface area contributed by atoms with Crippen molar-refractivity contribution >= 4 is 0 Å². The highest BCUT2D eigenvalue weighted by atomic mass is 15.0. The molecule has 0 radical (unpaired) electrons. The van der Waals surface area contributed by atoms with E-state index in [1.54, 1.807) is 0 Å². The van der Waals surface area contributed by atoms with Gasteiger partial charge < -0.3 is 5.32 Å². The molecule has 1 heteroatoms. The zero-order chi connectivity index (χ0) is 9.86. The third-order valence-corrected chi connectivity index (χ3v) is 4.24. The van der Waals surface area contributed by atoms with Crippen molar-refractivity contribution in [2.75, 3.05) is 6.54 Å². The third kappa shape index (κ3) is 2.73. The van der Waals surface area contributed by atoms with E-state index in [4.69, 9.17) is 0 Å². The Morgan fingerprint density at radius 2 is 2.07 bits per heavy atom. The first-order chi connectivity index (χ1) is 6.85. The van der Waals surface area contributed by atoms with E-state index in [0.29, 0.717) is 5.54 Å². The van der Waals surface area contributed by atoms with E-state index in [1.165, 1.54) is 64.3 Å². The average Bonchev–Trinajstić information content (AvgIpc) is 3.03. The normalized spacial score (nSPS) is 34.1. The summed E-state index contributed by atoms with van der Waals surface area (Å²) in [7, 11) is 0. The van der Waals surface area contributed by atoms with Crippen LogP contribution in [-0.2, 0) is 0 Å². The van der Waals surface area contributed by atoms with Gasteiger partial charge in [-0.25, -0.2) is 0 Å². The van der Waals surface area contributed by atoms with Gasteiger partial charge in [0.15, 0.2) is 0 Å². The molecule has 2 aliphatic rings. The lowest BCUT2D eigenvalue weighted by Crippen LogP contribution is -2.44. The molecule has 1 heterocycles. The van der Waals surface area contributed by atoms with Crippen molar-refractivity contribution in [2.45, 2.75) is 70.3 Å². The predicted molar refractivity (Wildman–Crippen MR) is 61.5 cm³/mol. The van der Waals surface area contributed by atoms with Gasteiger partial charge in [-0.3, -0.25) is 0 Å². The van der Waals surface area contributed by atoms with Crippen molar-refractivity contribution in [1.29, 1.82) is 0 Å². The lowest BCUT2D eigenvalue weighted by molar-refractivity contribution is 0.271. The van der Waals surface area contributed by atoms with E-state index < -0.39 is 0 Å². The average molecular weight is 195 g/mol. The molecule has 0 amide bonds. The Bertz CT molecular complexity index is 164. The molecule has 1 saturated carbocycles. The van der Waals surface area contributed by atoms with E-state index in [-0.39, 0.29) is 0 Å². The smallest absolute Gasteiger partial charge is 0.0179 e. The van der Waals surface area contributed by atoms with E-state index in [0.717, 1.165) is 5.92 Å².